The van der Waals surface area contributed by atoms with Crippen molar-refractivity contribution < 1.29 is 36.2 Å². The van der Waals surface area contributed by atoms with Gasteiger partial charge in [0.15, 0.2) is 0 Å². The first-order valence-electron chi connectivity index (χ1n) is 9.88. The molecule has 10 heteroatoms. The maximum Gasteiger partial charge on any atom is 0.387 e. The van der Waals surface area contributed by atoms with Gasteiger partial charge in [-0.15, -0.1) is 0 Å². The van der Waals surface area contributed by atoms with Crippen LogP contribution >= 0.6 is 0 Å². The lowest BCUT2D eigenvalue weighted by Crippen LogP contribution is -2.27. The molecule has 1 aliphatic heterocycles. The first-order valence-corrected chi connectivity index (χ1v) is 11.6. The molecule has 2 aromatic rings. The summed E-state index contributed by atoms with van der Waals surface area (Å²) in [7, 11) is -2.47. The second-order valence-corrected chi connectivity index (χ2v) is 9.87. The van der Waals surface area contributed by atoms with Crippen LogP contribution < -0.4 is 14.6 Å². The van der Waals surface area contributed by atoms with Gasteiger partial charge in [-0.1, -0.05) is 24.3 Å². The van der Waals surface area contributed by atoms with E-state index in [4.69, 9.17) is 14.6 Å². The lowest BCUT2D eigenvalue weighted by Gasteiger charge is -2.32. The lowest BCUT2D eigenvalue weighted by atomic mass is 9.83. The number of methoxy groups -OCH3 is 1. The van der Waals surface area contributed by atoms with Gasteiger partial charge in [0.25, 0.3) is 0 Å². The summed E-state index contributed by atoms with van der Waals surface area (Å²) in [5.41, 5.74) is 1.19. The number of fused-ring (bicyclic) bond motifs is 3. The first kappa shape index (κ1) is 23.9. The monoisotopic (exact) mass is 469 g/mol. The van der Waals surface area contributed by atoms with Crippen LogP contribution in [-0.2, 0) is 25.3 Å². The quantitative estimate of drug-likeness (QED) is 0.582. The number of esters is 1. The Kier molecular flexibility index (Phi) is 6.75. The van der Waals surface area contributed by atoms with E-state index in [1.54, 1.807) is 44.2 Å². The zero-order valence-corrected chi connectivity index (χ0v) is 18.7. The van der Waals surface area contributed by atoms with E-state index in [9.17, 15) is 22.0 Å². The number of rotatable bonds is 8. The van der Waals surface area contributed by atoms with Gasteiger partial charge >= 0.3 is 12.6 Å². The zero-order chi connectivity index (χ0) is 23.7. The second kappa shape index (κ2) is 9.03. The van der Waals surface area contributed by atoms with Crippen LogP contribution in [0.4, 0.5) is 8.78 Å². The van der Waals surface area contributed by atoms with E-state index in [1.807, 2.05) is 0 Å². The molecule has 7 nitrogen and oxygen atoms in total. The topological polar surface area (TPSA) is 105 Å². The Bertz CT molecular complexity index is 1120. The predicted molar refractivity (Wildman–Crippen MR) is 114 cm³/mol. The van der Waals surface area contributed by atoms with E-state index in [1.165, 1.54) is 13.2 Å². The maximum absolute atomic E-state index is 13.0. The third-order valence-corrected chi connectivity index (χ3v) is 6.08. The molecule has 1 aliphatic rings. The van der Waals surface area contributed by atoms with Crippen molar-refractivity contribution in [2.75, 3.05) is 7.11 Å². The van der Waals surface area contributed by atoms with Crippen LogP contribution in [0, 0.1) is 5.41 Å². The van der Waals surface area contributed by atoms with E-state index >= 15 is 0 Å². The summed E-state index contributed by atoms with van der Waals surface area (Å²) in [5, 5.41) is 5.18. The zero-order valence-electron chi connectivity index (χ0n) is 17.9. The summed E-state index contributed by atoms with van der Waals surface area (Å²) in [4.78, 5) is 12.1. The SMILES string of the molecule is COC(=O)C(C)(C)CCC1Oc2cccc(OC(F)F)c2-c2ccc(CS(N)(=O)=O)cc21. The third-order valence-electron chi connectivity index (χ3n) is 5.34. The maximum atomic E-state index is 13.0. The fourth-order valence-corrected chi connectivity index (χ4v) is 4.44. The van der Waals surface area contributed by atoms with Gasteiger partial charge in [0.05, 0.1) is 23.8 Å². The van der Waals surface area contributed by atoms with Gasteiger partial charge in [0, 0.05) is 5.56 Å². The fourth-order valence-electron chi connectivity index (χ4n) is 3.80. The summed E-state index contributed by atoms with van der Waals surface area (Å²) in [6.07, 6.45) is 0.252. The highest BCUT2D eigenvalue weighted by Crippen LogP contribution is 2.49. The predicted octanol–water partition coefficient (Wildman–Crippen LogP) is 4.16. The van der Waals surface area contributed by atoms with Gasteiger partial charge in [-0.2, -0.15) is 8.78 Å². The van der Waals surface area contributed by atoms with Crippen molar-refractivity contribution in [1.29, 1.82) is 0 Å². The van der Waals surface area contributed by atoms with Gasteiger partial charge in [0.1, 0.15) is 17.6 Å². The van der Waals surface area contributed by atoms with Crippen LogP contribution in [0.25, 0.3) is 11.1 Å². The number of alkyl halides is 2. The Hall–Kier alpha value is -2.72. The average molecular weight is 470 g/mol. The average Bonchev–Trinajstić information content (AvgIpc) is 2.69. The molecule has 0 saturated heterocycles. The molecule has 0 bridgehead atoms. The van der Waals surface area contributed by atoms with Crippen molar-refractivity contribution in [3.63, 3.8) is 0 Å². The number of ether oxygens (including phenoxy) is 3. The minimum absolute atomic E-state index is 0.0497. The summed E-state index contributed by atoms with van der Waals surface area (Å²) in [6.45, 7) is 0.482. The van der Waals surface area contributed by atoms with Gasteiger partial charge in [-0.3, -0.25) is 4.79 Å². The Balaban J connectivity index is 2.05. The largest absolute Gasteiger partial charge is 0.485 e. The highest BCUT2D eigenvalue weighted by Gasteiger charge is 2.34. The van der Waals surface area contributed by atoms with Crippen LogP contribution in [0.3, 0.4) is 0 Å². The molecule has 2 aromatic carbocycles. The molecule has 0 aromatic heterocycles. The van der Waals surface area contributed by atoms with Crippen molar-refractivity contribution in [2.24, 2.45) is 10.6 Å². The summed E-state index contributed by atoms with van der Waals surface area (Å²) >= 11 is 0. The van der Waals surface area contributed by atoms with E-state index < -0.39 is 28.2 Å². The molecule has 1 heterocycles. The minimum atomic E-state index is -3.78. The Morgan fingerprint density at radius 1 is 1.25 bits per heavy atom. The number of carbonyl (C=O) groups excluding carboxylic acids is 1. The van der Waals surface area contributed by atoms with Crippen molar-refractivity contribution in [2.45, 2.75) is 45.2 Å². The number of carbonyl (C=O) groups is 1. The number of hydrogen-bond donors (Lipinski definition) is 1. The van der Waals surface area contributed by atoms with Crippen LogP contribution in [0.15, 0.2) is 36.4 Å². The molecule has 0 radical (unpaired) electrons. The molecular weight excluding hydrogens is 444 g/mol. The summed E-state index contributed by atoms with van der Waals surface area (Å²) < 4.78 is 64.8. The molecule has 3 rings (SSSR count). The number of sulfonamides is 1. The minimum Gasteiger partial charge on any atom is -0.485 e. The van der Waals surface area contributed by atoms with Gasteiger partial charge in [-0.05, 0) is 49.9 Å². The summed E-state index contributed by atoms with van der Waals surface area (Å²) in [6, 6.07) is 9.47. The van der Waals surface area contributed by atoms with E-state index in [0.29, 0.717) is 40.8 Å². The van der Waals surface area contributed by atoms with Crippen molar-refractivity contribution >= 4 is 16.0 Å². The molecule has 0 aliphatic carbocycles. The van der Waals surface area contributed by atoms with Crippen LogP contribution in [0.2, 0.25) is 0 Å². The molecule has 1 atom stereocenters. The van der Waals surface area contributed by atoms with Crippen molar-refractivity contribution in [3.8, 4) is 22.6 Å². The van der Waals surface area contributed by atoms with Crippen LogP contribution in [-0.4, -0.2) is 28.1 Å². The van der Waals surface area contributed by atoms with Crippen LogP contribution in [0.1, 0.15) is 43.9 Å². The summed E-state index contributed by atoms with van der Waals surface area (Å²) in [5.74, 6) is -0.450. The Morgan fingerprint density at radius 2 is 1.97 bits per heavy atom. The lowest BCUT2D eigenvalue weighted by molar-refractivity contribution is -0.151. The first-order chi connectivity index (χ1) is 14.9. The number of primary sulfonamides is 1. The second-order valence-electron chi connectivity index (χ2n) is 8.26. The Labute approximate surface area is 185 Å². The van der Waals surface area contributed by atoms with E-state index in [-0.39, 0.29) is 17.5 Å². The fraction of sp³-hybridized carbons (Fsp3) is 0.409. The number of hydrogen-bond acceptors (Lipinski definition) is 6. The smallest absolute Gasteiger partial charge is 0.387 e. The molecule has 2 N–H and O–H groups in total. The highest BCUT2D eigenvalue weighted by molar-refractivity contribution is 7.88. The van der Waals surface area contributed by atoms with Gasteiger partial charge in [0.2, 0.25) is 10.0 Å². The van der Waals surface area contributed by atoms with Crippen LogP contribution in [0.5, 0.6) is 11.5 Å². The normalized spacial score (nSPS) is 15.5. The molecule has 0 amide bonds. The molecule has 0 spiro atoms. The standard InChI is InChI=1S/C22H25F2NO6S/c1-22(2,20(26)29-3)10-9-16-15-11-13(12-32(25,27)28)7-8-14(15)19-17(30-16)5-4-6-18(19)31-21(23)24/h4-8,11,16,21H,9-10,12H2,1-3H3,(H2,25,27,28). The molecule has 174 valence electrons. The van der Waals surface area contributed by atoms with Crippen molar-refractivity contribution in [3.05, 3.63) is 47.5 Å². The van der Waals surface area contributed by atoms with Gasteiger partial charge in [-0.25, -0.2) is 13.6 Å². The van der Waals surface area contributed by atoms with E-state index in [0.717, 1.165) is 0 Å². The molecule has 1 unspecified atom stereocenters. The number of halogens is 2. The third kappa shape index (κ3) is 5.36. The van der Waals surface area contributed by atoms with Gasteiger partial charge < -0.3 is 14.2 Å². The van der Waals surface area contributed by atoms with E-state index in [2.05, 4.69) is 4.74 Å². The highest BCUT2D eigenvalue weighted by atomic mass is 32.2. The molecular formula is C22H25F2NO6S. The molecule has 0 fully saturated rings. The van der Waals surface area contributed by atoms with Crippen molar-refractivity contribution in [1.82, 2.24) is 0 Å². The molecule has 32 heavy (non-hydrogen) atoms. The number of nitrogens with two attached hydrogens (primary N) is 1. The number of benzene rings is 2. The Morgan fingerprint density at radius 3 is 2.59 bits per heavy atom. The molecule has 0 saturated carbocycles.